The lowest BCUT2D eigenvalue weighted by molar-refractivity contribution is 0.539. The van der Waals surface area contributed by atoms with Gasteiger partial charge in [0, 0.05) is 28.2 Å². The molecule has 0 radical (unpaired) electrons. The van der Waals surface area contributed by atoms with Crippen LogP contribution >= 0.6 is 16.1 Å². The Morgan fingerprint density at radius 3 is 0.844 bits per heavy atom. The predicted molar refractivity (Wildman–Crippen MR) is 143 cm³/mol. The Labute approximate surface area is 194 Å². The Balaban J connectivity index is 1.55. The first-order valence-corrected chi connectivity index (χ1v) is 13.7. The quantitative estimate of drug-likeness (QED) is 0.345. The number of benzene rings is 4. The summed E-state index contributed by atoms with van der Waals surface area (Å²) >= 11 is 0. The lowest BCUT2D eigenvalue weighted by Crippen LogP contribution is -2.44. The zero-order valence-corrected chi connectivity index (χ0v) is 20.4. The van der Waals surface area contributed by atoms with Gasteiger partial charge >= 0.3 is 0 Å². The van der Waals surface area contributed by atoms with Crippen LogP contribution in [0.5, 0.6) is 0 Å². The lowest BCUT2D eigenvalue weighted by atomic mass is 10.2. The molecule has 0 bridgehead atoms. The van der Waals surface area contributed by atoms with Crippen molar-refractivity contribution in [2.45, 2.75) is 25.9 Å². The van der Waals surface area contributed by atoms with Crippen molar-refractivity contribution in [1.29, 1.82) is 0 Å². The summed E-state index contributed by atoms with van der Waals surface area (Å²) in [5, 5.41) is 13.3. The van der Waals surface area contributed by atoms with Gasteiger partial charge in [-0.2, -0.15) is 0 Å². The molecule has 0 spiro atoms. The molecule has 2 unspecified atom stereocenters. The first kappa shape index (κ1) is 22.8. The van der Waals surface area contributed by atoms with E-state index in [1.165, 1.54) is 21.2 Å². The van der Waals surface area contributed by atoms with Gasteiger partial charge in [0.15, 0.2) is 0 Å². The summed E-state index contributed by atoms with van der Waals surface area (Å²) in [4.78, 5) is 0. The Morgan fingerprint density at radius 2 is 0.625 bits per heavy atom. The van der Waals surface area contributed by atoms with Gasteiger partial charge in [-0.1, -0.05) is 121 Å². The second-order valence-corrected chi connectivity index (χ2v) is 11.8. The monoisotopic (exact) mass is 456 g/mol. The Kier molecular flexibility index (Phi) is 8.21. The van der Waals surface area contributed by atoms with E-state index in [9.17, 15) is 0 Å². The summed E-state index contributed by atoms with van der Waals surface area (Å²) in [5.41, 5.74) is 0. The Hall–Kier alpha value is -2.34. The maximum absolute atomic E-state index is 3.97. The molecule has 4 aromatic rings. The molecule has 2 atom stereocenters. The summed E-state index contributed by atoms with van der Waals surface area (Å²) in [6, 6.07) is 43.8. The van der Waals surface area contributed by atoms with E-state index in [1.54, 1.807) is 0 Å². The first-order chi connectivity index (χ1) is 15.7. The maximum Gasteiger partial charge on any atom is 0.0256 e. The van der Waals surface area contributed by atoms with Crippen LogP contribution in [0.15, 0.2) is 121 Å². The summed E-state index contributed by atoms with van der Waals surface area (Å²) in [6.45, 7) is 4.59. The van der Waals surface area contributed by atoms with Crippen LogP contribution in [0.3, 0.4) is 0 Å². The number of hydrogen-bond acceptors (Lipinski definition) is 2. The van der Waals surface area contributed by atoms with Crippen LogP contribution in [0.1, 0.15) is 13.8 Å². The molecular formula is C28H30N2P2. The highest BCUT2D eigenvalue weighted by atomic mass is 31.1. The van der Waals surface area contributed by atoms with Crippen molar-refractivity contribution in [3.8, 4) is 0 Å². The van der Waals surface area contributed by atoms with Crippen molar-refractivity contribution >= 4 is 37.4 Å². The molecule has 2 N–H and O–H groups in total. The molecule has 32 heavy (non-hydrogen) atoms. The smallest absolute Gasteiger partial charge is 0.0256 e. The van der Waals surface area contributed by atoms with E-state index in [0.29, 0.717) is 12.1 Å². The van der Waals surface area contributed by atoms with E-state index >= 15 is 0 Å². The SMILES string of the molecule is CC(NP(c1ccccc1)c1ccccc1)C(C)NP(c1ccccc1)c1ccccc1. The van der Waals surface area contributed by atoms with E-state index in [4.69, 9.17) is 0 Å². The fourth-order valence-electron chi connectivity index (χ4n) is 3.54. The van der Waals surface area contributed by atoms with Gasteiger partial charge in [-0.3, -0.25) is 10.2 Å². The van der Waals surface area contributed by atoms with Gasteiger partial charge in [-0.25, -0.2) is 0 Å². The van der Waals surface area contributed by atoms with Gasteiger partial charge in [0.25, 0.3) is 0 Å². The minimum absolute atomic E-state index is 0.291. The molecule has 4 aromatic carbocycles. The molecule has 0 aliphatic rings. The molecule has 0 heterocycles. The van der Waals surface area contributed by atoms with Crippen LogP contribution in [0.2, 0.25) is 0 Å². The van der Waals surface area contributed by atoms with Gasteiger partial charge in [0.05, 0.1) is 0 Å². The van der Waals surface area contributed by atoms with Crippen molar-refractivity contribution in [1.82, 2.24) is 10.2 Å². The topological polar surface area (TPSA) is 24.1 Å². The third-order valence-corrected chi connectivity index (χ3v) is 10.1. The third-order valence-electron chi connectivity index (χ3n) is 5.47. The molecule has 0 aliphatic carbocycles. The van der Waals surface area contributed by atoms with Crippen LogP contribution in [0.4, 0.5) is 0 Å². The number of nitrogens with one attached hydrogen (secondary N) is 2. The molecule has 0 aliphatic heterocycles. The van der Waals surface area contributed by atoms with E-state index in [0.717, 1.165) is 0 Å². The largest absolute Gasteiger partial charge is 0.284 e. The molecule has 0 saturated heterocycles. The van der Waals surface area contributed by atoms with Gasteiger partial charge in [0.2, 0.25) is 0 Å². The minimum atomic E-state index is -0.639. The van der Waals surface area contributed by atoms with Gasteiger partial charge in [-0.15, -0.1) is 0 Å². The lowest BCUT2D eigenvalue weighted by Gasteiger charge is -2.31. The first-order valence-electron chi connectivity index (χ1n) is 11.0. The van der Waals surface area contributed by atoms with Crippen molar-refractivity contribution in [3.63, 3.8) is 0 Å². The van der Waals surface area contributed by atoms with Crippen LogP contribution in [0, 0.1) is 0 Å². The van der Waals surface area contributed by atoms with Crippen molar-refractivity contribution in [3.05, 3.63) is 121 Å². The predicted octanol–water partition coefficient (Wildman–Crippen LogP) is 5.04. The summed E-state index contributed by atoms with van der Waals surface area (Å²) in [7, 11) is -1.28. The second-order valence-electron chi connectivity index (χ2n) is 7.85. The maximum atomic E-state index is 3.97. The van der Waals surface area contributed by atoms with Crippen LogP contribution in [-0.2, 0) is 0 Å². The van der Waals surface area contributed by atoms with Crippen molar-refractivity contribution < 1.29 is 0 Å². The Morgan fingerprint density at radius 1 is 0.406 bits per heavy atom. The molecule has 4 heteroatoms. The highest BCUT2D eigenvalue weighted by Crippen LogP contribution is 2.33. The molecule has 0 saturated carbocycles. The van der Waals surface area contributed by atoms with E-state index in [1.807, 2.05) is 0 Å². The highest BCUT2D eigenvalue weighted by molar-refractivity contribution is 7.71. The second kappa shape index (κ2) is 11.5. The zero-order valence-electron chi connectivity index (χ0n) is 18.6. The zero-order chi connectivity index (χ0) is 22.2. The van der Waals surface area contributed by atoms with Gasteiger partial charge in [0.1, 0.15) is 0 Å². The van der Waals surface area contributed by atoms with Gasteiger partial charge in [-0.05, 0) is 35.1 Å². The standard InChI is InChI=1S/C28H30N2P2/c1-23(29-31(25-15-7-3-8-16-25)26-17-9-4-10-18-26)24(2)30-32(27-19-11-5-12-20-27)28-21-13-6-14-22-28/h3-24,29-30H,1-2H3. The summed E-state index contributed by atoms with van der Waals surface area (Å²) in [5.74, 6) is 0. The molecule has 162 valence electrons. The van der Waals surface area contributed by atoms with Gasteiger partial charge < -0.3 is 0 Å². The third kappa shape index (κ3) is 5.91. The van der Waals surface area contributed by atoms with E-state index < -0.39 is 16.1 Å². The van der Waals surface area contributed by atoms with Crippen molar-refractivity contribution in [2.24, 2.45) is 0 Å². The molecule has 0 aromatic heterocycles. The molecule has 2 nitrogen and oxygen atoms in total. The van der Waals surface area contributed by atoms with E-state index in [-0.39, 0.29) is 0 Å². The highest BCUT2D eigenvalue weighted by Gasteiger charge is 2.23. The Bertz CT molecular complexity index is 892. The average molecular weight is 457 g/mol. The van der Waals surface area contributed by atoms with E-state index in [2.05, 4.69) is 145 Å². The fourth-order valence-corrected chi connectivity index (χ4v) is 7.87. The normalized spacial score (nSPS) is 13.2. The van der Waals surface area contributed by atoms with Crippen molar-refractivity contribution in [2.75, 3.05) is 0 Å². The van der Waals surface area contributed by atoms with Crippen LogP contribution in [-0.4, -0.2) is 12.1 Å². The van der Waals surface area contributed by atoms with Crippen LogP contribution < -0.4 is 31.4 Å². The number of rotatable bonds is 9. The molecule has 0 amide bonds. The summed E-state index contributed by atoms with van der Waals surface area (Å²) < 4.78 is 0. The molecule has 4 rings (SSSR count). The van der Waals surface area contributed by atoms with Crippen LogP contribution in [0.25, 0.3) is 0 Å². The molecule has 0 fully saturated rings. The number of hydrogen-bond donors (Lipinski definition) is 2. The average Bonchev–Trinajstić information content (AvgIpc) is 2.87. The molecular weight excluding hydrogens is 426 g/mol. The minimum Gasteiger partial charge on any atom is -0.284 e. The summed E-state index contributed by atoms with van der Waals surface area (Å²) in [6.07, 6.45) is 0. The fraction of sp³-hybridized carbons (Fsp3) is 0.143.